The van der Waals surface area contributed by atoms with E-state index in [1.807, 2.05) is 0 Å². The molecule has 4 rings (SSSR count). The molecule has 3 aliphatic heterocycles. The van der Waals surface area contributed by atoms with Gasteiger partial charge in [0.25, 0.3) is 0 Å². The van der Waals surface area contributed by atoms with E-state index < -0.39 is 0 Å². The molecule has 0 unspecified atom stereocenters. The number of nitrogens with one attached hydrogen (secondary N) is 1. The Kier molecular flexibility index (Phi) is 3.41. The summed E-state index contributed by atoms with van der Waals surface area (Å²) < 4.78 is 0. The smallest absolute Gasteiger partial charge is 0.0366 e. The van der Waals surface area contributed by atoms with Gasteiger partial charge in [0.2, 0.25) is 0 Å². The average molecular weight is 271 g/mol. The molecule has 0 bridgehead atoms. The third kappa shape index (κ3) is 2.33. The maximum absolute atomic E-state index is 3.54. The molecule has 3 fully saturated rings. The quantitative estimate of drug-likeness (QED) is 0.885. The van der Waals surface area contributed by atoms with E-state index in [1.54, 1.807) is 0 Å². The molecule has 1 N–H and O–H groups in total. The lowest BCUT2D eigenvalue weighted by atomic mass is 10.0. The van der Waals surface area contributed by atoms with Gasteiger partial charge in [0.15, 0.2) is 0 Å². The van der Waals surface area contributed by atoms with Crippen molar-refractivity contribution in [3.8, 4) is 0 Å². The standard InChI is InChI=1S/C17H25N3/c1-2-4-16(5-3-1)19-8-6-17(7-9-19)20-12-14-10-18-11-15(14)13-20/h1-5,14-15,17-18H,6-13H2/t14-,15+. The molecule has 1 aromatic carbocycles. The molecule has 1 aromatic rings. The van der Waals surface area contributed by atoms with Gasteiger partial charge < -0.3 is 10.2 Å². The van der Waals surface area contributed by atoms with Crippen LogP contribution in [0.25, 0.3) is 0 Å². The zero-order valence-electron chi connectivity index (χ0n) is 12.2. The molecular formula is C17H25N3. The zero-order chi connectivity index (χ0) is 13.4. The first kappa shape index (κ1) is 12.7. The van der Waals surface area contributed by atoms with Crippen molar-refractivity contribution in [3.63, 3.8) is 0 Å². The van der Waals surface area contributed by atoms with Crippen LogP contribution in [-0.2, 0) is 0 Å². The molecule has 3 nitrogen and oxygen atoms in total. The van der Waals surface area contributed by atoms with Gasteiger partial charge in [-0.15, -0.1) is 0 Å². The number of hydrogen-bond acceptors (Lipinski definition) is 3. The van der Waals surface area contributed by atoms with Crippen molar-refractivity contribution in [1.82, 2.24) is 10.2 Å². The first-order valence-electron chi connectivity index (χ1n) is 8.15. The van der Waals surface area contributed by atoms with Crippen LogP contribution in [0.1, 0.15) is 12.8 Å². The van der Waals surface area contributed by atoms with Gasteiger partial charge >= 0.3 is 0 Å². The number of anilines is 1. The minimum Gasteiger partial charge on any atom is -0.371 e. The Morgan fingerprint density at radius 1 is 0.900 bits per heavy atom. The van der Waals surface area contributed by atoms with Crippen LogP contribution in [0.3, 0.4) is 0 Å². The van der Waals surface area contributed by atoms with Crippen LogP contribution in [-0.4, -0.2) is 50.2 Å². The van der Waals surface area contributed by atoms with Gasteiger partial charge in [0.05, 0.1) is 0 Å². The number of likely N-dealkylation sites (tertiary alicyclic amines) is 1. The van der Waals surface area contributed by atoms with Crippen LogP contribution in [0.5, 0.6) is 0 Å². The third-order valence-corrected chi connectivity index (χ3v) is 5.52. The SMILES string of the molecule is c1ccc(N2CCC(N3C[C@H]4CNC[C@H]4C3)CC2)cc1. The fraction of sp³-hybridized carbons (Fsp3) is 0.647. The Hall–Kier alpha value is -1.06. The number of para-hydroxylation sites is 1. The van der Waals surface area contributed by atoms with Crippen LogP contribution in [0.15, 0.2) is 30.3 Å². The molecule has 3 heterocycles. The number of benzene rings is 1. The summed E-state index contributed by atoms with van der Waals surface area (Å²) in [7, 11) is 0. The molecule has 0 aromatic heterocycles. The number of piperidine rings is 1. The van der Waals surface area contributed by atoms with Crippen molar-refractivity contribution in [2.75, 3.05) is 44.2 Å². The second-order valence-corrected chi connectivity index (χ2v) is 6.69. The minimum atomic E-state index is 0.834. The topological polar surface area (TPSA) is 18.5 Å². The summed E-state index contributed by atoms with van der Waals surface area (Å²) in [6, 6.07) is 11.7. The van der Waals surface area contributed by atoms with E-state index in [1.165, 1.54) is 57.8 Å². The Balaban J connectivity index is 1.34. The van der Waals surface area contributed by atoms with Crippen molar-refractivity contribution in [2.24, 2.45) is 11.8 Å². The number of nitrogens with zero attached hydrogens (tertiary/aromatic N) is 2. The molecule has 2 atom stereocenters. The number of rotatable bonds is 2. The van der Waals surface area contributed by atoms with Crippen molar-refractivity contribution in [2.45, 2.75) is 18.9 Å². The van der Waals surface area contributed by atoms with Crippen molar-refractivity contribution in [3.05, 3.63) is 30.3 Å². The molecule has 0 aliphatic carbocycles. The van der Waals surface area contributed by atoms with Crippen LogP contribution in [0.2, 0.25) is 0 Å². The van der Waals surface area contributed by atoms with E-state index in [2.05, 4.69) is 45.4 Å². The van der Waals surface area contributed by atoms with Gasteiger partial charge in [-0.1, -0.05) is 18.2 Å². The highest BCUT2D eigenvalue weighted by Gasteiger charge is 2.39. The van der Waals surface area contributed by atoms with Gasteiger partial charge in [-0.05, 0) is 49.9 Å². The van der Waals surface area contributed by atoms with E-state index in [0.29, 0.717) is 0 Å². The van der Waals surface area contributed by atoms with Gasteiger partial charge in [0.1, 0.15) is 0 Å². The van der Waals surface area contributed by atoms with Crippen molar-refractivity contribution >= 4 is 5.69 Å². The van der Waals surface area contributed by atoms with E-state index in [4.69, 9.17) is 0 Å². The van der Waals surface area contributed by atoms with Gasteiger partial charge in [-0.25, -0.2) is 0 Å². The first-order chi connectivity index (χ1) is 9.90. The normalized spacial score (nSPS) is 31.7. The van der Waals surface area contributed by atoms with Gasteiger partial charge in [-0.2, -0.15) is 0 Å². The highest BCUT2D eigenvalue weighted by atomic mass is 15.2. The number of hydrogen-bond donors (Lipinski definition) is 1. The average Bonchev–Trinajstić information content (AvgIpc) is 3.10. The predicted octanol–water partition coefficient (Wildman–Crippen LogP) is 1.81. The third-order valence-electron chi connectivity index (χ3n) is 5.52. The maximum atomic E-state index is 3.54. The summed E-state index contributed by atoms with van der Waals surface area (Å²) in [4.78, 5) is 5.34. The summed E-state index contributed by atoms with van der Waals surface area (Å²) in [6.45, 7) is 7.63. The minimum absolute atomic E-state index is 0.834. The lowest BCUT2D eigenvalue weighted by molar-refractivity contribution is 0.194. The molecule has 0 radical (unpaired) electrons. The molecule has 3 heteroatoms. The lowest BCUT2D eigenvalue weighted by Gasteiger charge is -2.38. The van der Waals surface area contributed by atoms with E-state index in [-0.39, 0.29) is 0 Å². The summed E-state index contributed by atoms with van der Waals surface area (Å²) >= 11 is 0. The number of fused-ring (bicyclic) bond motifs is 1. The van der Waals surface area contributed by atoms with E-state index in [0.717, 1.165) is 17.9 Å². The van der Waals surface area contributed by atoms with Crippen molar-refractivity contribution in [1.29, 1.82) is 0 Å². The molecule has 3 saturated heterocycles. The molecule has 108 valence electrons. The molecule has 0 spiro atoms. The highest BCUT2D eigenvalue weighted by molar-refractivity contribution is 5.46. The summed E-state index contributed by atoms with van der Waals surface area (Å²) in [5, 5.41) is 3.54. The molecule has 0 amide bonds. The predicted molar refractivity (Wildman–Crippen MR) is 83.1 cm³/mol. The molecular weight excluding hydrogens is 246 g/mol. The van der Waals surface area contributed by atoms with Crippen LogP contribution >= 0.6 is 0 Å². The van der Waals surface area contributed by atoms with Gasteiger partial charge in [-0.3, -0.25) is 4.90 Å². The second kappa shape index (κ2) is 5.38. The summed E-state index contributed by atoms with van der Waals surface area (Å²) in [6.07, 6.45) is 2.67. The summed E-state index contributed by atoms with van der Waals surface area (Å²) in [5.74, 6) is 1.87. The van der Waals surface area contributed by atoms with Crippen LogP contribution < -0.4 is 10.2 Å². The second-order valence-electron chi connectivity index (χ2n) is 6.69. The highest BCUT2D eigenvalue weighted by Crippen LogP contribution is 2.31. The monoisotopic (exact) mass is 271 g/mol. The van der Waals surface area contributed by atoms with Gasteiger partial charge in [0, 0.05) is 37.9 Å². The Bertz CT molecular complexity index is 427. The molecule has 0 saturated carbocycles. The maximum Gasteiger partial charge on any atom is 0.0366 e. The van der Waals surface area contributed by atoms with E-state index in [9.17, 15) is 0 Å². The zero-order valence-corrected chi connectivity index (χ0v) is 12.2. The fourth-order valence-electron chi connectivity index (χ4n) is 4.32. The van der Waals surface area contributed by atoms with Crippen LogP contribution in [0, 0.1) is 11.8 Å². The lowest BCUT2D eigenvalue weighted by Crippen LogP contribution is -2.44. The summed E-state index contributed by atoms with van der Waals surface area (Å²) in [5.41, 5.74) is 1.40. The molecule has 3 aliphatic rings. The fourth-order valence-corrected chi connectivity index (χ4v) is 4.32. The van der Waals surface area contributed by atoms with Crippen LogP contribution in [0.4, 0.5) is 5.69 Å². The molecule has 20 heavy (non-hydrogen) atoms. The Morgan fingerprint density at radius 3 is 2.20 bits per heavy atom. The Morgan fingerprint density at radius 2 is 1.55 bits per heavy atom. The van der Waals surface area contributed by atoms with Crippen molar-refractivity contribution < 1.29 is 0 Å². The largest absolute Gasteiger partial charge is 0.371 e. The Labute approximate surface area is 121 Å². The van der Waals surface area contributed by atoms with E-state index >= 15 is 0 Å². The first-order valence-corrected chi connectivity index (χ1v) is 8.15.